The number of fused-ring (bicyclic) bond motifs is 1. The van der Waals surface area contributed by atoms with Crippen molar-refractivity contribution < 1.29 is 0 Å². The average Bonchev–Trinajstić information content (AvgIpc) is 2.73. The first-order chi connectivity index (χ1) is 9.13. The van der Waals surface area contributed by atoms with Crippen molar-refractivity contribution in [1.29, 1.82) is 0 Å². The SMILES string of the molecule is Cc1nc(Cl)c2cnn(Cc3cccc(Cl)c3)c2n1. The molecule has 0 radical (unpaired) electrons. The number of aryl methyl sites for hydroxylation is 1. The van der Waals surface area contributed by atoms with Crippen LogP contribution in [0.25, 0.3) is 11.0 Å². The van der Waals surface area contributed by atoms with Crippen molar-refractivity contribution >= 4 is 34.2 Å². The van der Waals surface area contributed by atoms with Crippen LogP contribution in [-0.4, -0.2) is 19.7 Å². The molecule has 0 saturated carbocycles. The van der Waals surface area contributed by atoms with Crippen LogP contribution < -0.4 is 0 Å². The normalized spacial score (nSPS) is 11.1. The highest BCUT2D eigenvalue weighted by Crippen LogP contribution is 2.21. The fraction of sp³-hybridized carbons (Fsp3) is 0.154. The van der Waals surface area contributed by atoms with Gasteiger partial charge in [-0.2, -0.15) is 5.10 Å². The topological polar surface area (TPSA) is 43.6 Å². The molecule has 19 heavy (non-hydrogen) atoms. The Morgan fingerprint density at radius 1 is 1.21 bits per heavy atom. The summed E-state index contributed by atoms with van der Waals surface area (Å²) >= 11 is 12.1. The van der Waals surface area contributed by atoms with Gasteiger partial charge in [-0.15, -0.1) is 0 Å². The Hall–Kier alpha value is -1.65. The van der Waals surface area contributed by atoms with E-state index in [1.165, 1.54) is 0 Å². The largest absolute Gasteiger partial charge is 0.243 e. The molecule has 0 amide bonds. The monoisotopic (exact) mass is 292 g/mol. The maximum absolute atomic E-state index is 6.08. The minimum absolute atomic E-state index is 0.430. The summed E-state index contributed by atoms with van der Waals surface area (Å²) in [5, 5.41) is 6.20. The van der Waals surface area contributed by atoms with Crippen LogP contribution in [0, 0.1) is 6.92 Å². The molecule has 3 aromatic rings. The zero-order valence-corrected chi connectivity index (χ0v) is 11.7. The van der Waals surface area contributed by atoms with Gasteiger partial charge in [-0.25, -0.2) is 14.6 Å². The van der Waals surface area contributed by atoms with Crippen LogP contribution >= 0.6 is 23.2 Å². The van der Waals surface area contributed by atoms with E-state index in [2.05, 4.69) is 15.1 Å². The fourth-order valence-corrected chi connectivity index (χ4v) is 2.42. The Morgan fingerprint density at radius 2 is 2.05 bits per heavy atom. The van der Waals surface area contributed by atoms with Gasteiger partial charge in [0.2, 0.25) is 0 Å². The van der Waals surface area contributed by atoms with Gasteiger partial charge in [0.05, 0.1) is 18.1 Å². The molecule has 0 aliphatic carbocycles. The highest BCUT2D eigenvalue weighted by Gasteiger charge is 2.10. The zero-order chi connectivity index (χ0) is 13.4. The third kappa shape index (κ3) is 2.41. The lowest BCUT2D eigenvalue weighted by Crippen LogP contribution is -2.03. The van der Waals surface area contributed by atoms with Crippen LogP contribution in [0.1, 0.15) is 11.4 Å². The minimum Gasteiger partial charge on any atom is -0.243 e. The number of aromatic nitrogens is 4. The Balaban J connectivity index is 2.06. The van der Waals surface area contributed by atoms with E-state index in [9.17, 15) is 0 Å². The Bertz CT molecular complexity index is 751. The molecule has 0 aliphatic rings. The van der Waals surface area contributed by atoms with Crippen LogP contribution in [0.5, 0.6) is 0 Å². The number of rotatable bonds is 2. The van der Waals surface area contributed by atoms with Gasteiger partial charge >= 0.3 is 0 Å². The second-order valence-corrected chi connectivity index (χ2v) is 5.03. The second-order valence-electron chi connectivity index (χ2n) is 4.23. The summed E-state index contributed by atoms with van der Waals surface area (Å²) < 4.78 is 1.79. The number of hydrogen-bond donors (Lipinski definition) is 0. The van der Waals surface area contributed by atoms with Gasteiger partial charge in [0.25, 0.3) is 0 Å². The first-order valence-corrected chi connectivity index (χ1v) is 6.49. The molecule has 6 heteroatoms. The quantitative estimate of drug-likeness (QED) is 0.679. The van der Waals surface area contributed by atoms with E-state index in [0.717, 1.165) is 16.6 Å². The molecule has 0 atom stereocenters. The molecule has 0 N–H and O–H groups in total. The van der Waals surface area contributed by atoms with E-state index >= 15 is 0 Å². The molecule has 0 spiro atoms. The molecule has 2 heterocycles. The third-order valence-corrected chi connectivity index (χ3v) is 3.31. The van der Waals surface area contributed by atoms with Crippen molar-refractivity contribution in [2.45, 2.75) is 13.5 Å². The molecular weight excluding hydrogens is 283 g/mol. The molecule has 3 rings (SSSR count). The summed E-state index contributed by atoms with van der Waals surface area (Å²) in [7, 11) is 0. The number of benzene rings is 1. The Morgan fingerprint density at radius 3 is 2.84 bits per heavy atom. The molecule has 1 aromatic carbocycles. The smallest absolute Gasteiger partial charge is 0.163 e. The van der Waals surface area contributed by atoms with E-state index < -0.39 is 0 Å². The molecule has 2 aromatic heterocycles. The molecule has 0 aliphatic heterocycles. The van der Waals surface area contributed by atoms with Crippen molar-refractivity contribution in [3.8, 4) is 0 Å². The van der Waals surface area contributed by atoms with E-state index in [4.69, 9.17) is 23.2 Å². The van der Waals surface area contributed by atoms with Crippen molar-refractivity contribution in [2.24, 2.45) is 0 Å². The Labute approximate surface area is 120 Å². The predicted octanol–water partition coefficient (Wildman–Crippen LogP) is 3.49. The van der Waals surface area contributed by atoms with E-state index in [0.29, 0.717) is 22.5 Å². The third-order valence-electron chi connectivity index (χ3n) is 2.78. The lowest BCUT2D eigenvalue weighted by atomic mass is 10.2. The van der Waals surface area contributed by atoms with Gasteiger partial charge in [-0.3, -0.25) is 0 Å². The van der Waals surface area contributed by atoms with Gasteiger partial charge in [-0.1, -0.05) is 35.3 Å². The predicted molar refractivity (Wildman–Crippen MR) is 75.6 cm³/mol. The molecular formula is C13H10Cl2N4. The highest BCUT2D eigenvalue weighted by atomic mass is 35.5. The summed E-state index contributed by atoms with van der Waals surface area (Å²) in [5.74, 6) is 0.630. The van der Waals surface area contributed by atoms with Crippen LogP contribution in [0.4, 0.5) is 0 Å². The van der Waals surface area contributed by atoms with E-state index in [1.54, 1.807) is 10.9 Å². The molecule has 0 fully saturated rings. The van der Waals surface area contributed by atoms with Crippen LogP contribution in [-0.2, 0) is 6.54 Å². The minimum atomic E-state index is 0.430. The first-order valence-electron chi connectivity index (χ1n) is 5.73. The van der Waals surface area contributed by atoms with Crippen LogP contribution in [0.3, 0.4) is 0 Å². The first kappa shape index (κ1) is 12.4. The summed E-state index contributed by atoms with van der Waals surface area (Å²) in [6.45, 7) is 2.40. The maximum Gasteiger partial charge on any atom is 0.163 e. The summed E-state index contributed by atoms with van der Waals surface area (Å²) in [6, 6.07) is 7.66. The van der Waals surface area contributed by atoms with Crippen molar-refractivity contribution in [3.63, 3.8) is 0 Å². The molecule has 96 valence electrons. The fourth-order valence-electron chi connectivity index (χ4n) is 1.95. The second kappa shape index (κ2) is 4.79. The van der Waals surface area contributed by atoms with Gasteiger partial charge < -0.3 is 0 Å². The number of nitrogens with zero attached hydrogens (tertiary/aromatic N) is 4. The highest BCUT2D eigenvalue weighted by molar-refractivity contribution is 6.33. The molecule has 0 unspecified atom stereocenters. The van der Waals surface area contributed by atoms with Crippen molar-refractivity contribution in [2.75, 3.05) is 0 Å². The number of hydrogen-bond acceptors (Lipinski definition) is 3. The Kier molecular flexibility index (Phi) is 3.12. The zero-order valence-electron chi connectivity index (χ0n) is 10.1. The maximum atomic E-state index is 6.08. The summed E-state index contributed by atoms with van der Waals surface area (Å²) in [5.41, 5.74) is 1.79. The lowest BCUT2D eigenvalue weighted by molar-refractivity contribution is 0.702. The van der Waals surface area contributed by atoms with Gasteiger partial charge in [0, 0.05) is 5.02 Å². The van der Waals surface area contributed by atoms with Crippen molar-refractivity contribution in [3.05, 3.63) is 52.0 Å². The molecule has 0 saturated heterocycles. The molecule has 0 bridgehead atoms. The van der Waals surface area contributed by atoms with Crippen LogP contribution in [0.15, 0.2) is 30.5 Å². The van der Waals surface area contributed by atoms with E-state index in [-0.39, 0.29) is 0 Å². The average molecular weight is 293 g/mol. The molecule has 4 nitrogen and oxygen atoms in total. The summed E-state index contributed by atoms with van der Waals surface area (Å²) in [6.07, 6.45) is 1.68. The number of halogens is 2. The van der Waals surface area contributed by atoms with E-state index in [1.807, 2.05) is 31.2 Å². The van der Waals surface area contributed by atoms with Gasteiger partial charge in [-0.05, 0) is 24.6 Å². The standard InChI is InChI=1S/C13H10Cl2N4/c1-8-17-12(15)11-6-16-19(13(11)18-8)7-9-3-2-4-10(14)5-9/h2-6H,7H2,1H3. The van der Waals surface area contributed by atoms with Gasteiger partial charge in [0.1, 0.15) is 11.0 Å². The van der Waals surface area contributed by atoms with Crippen LogP contribution in [0.2, 0.25) is 10.2 Å². The van der Waals surface area contributed by atoms with Crippen molar-refractivity contribution in [1.82, 2.24) is 19.7 Å². The lowest BCUT2D eigenvalue weighted by Gasteiger charge is -2.04. The summed E-state index contributed by atoms with van der Waals surface area (Å²) in [4.78, 5) is 8.50. The van der Waals surface area contributed by atoms with Gasteiger partial charge in [0.15, 0.2) is 5.65 Å².